The summed E-state index contributed by atoms with van der Waals surface area (Å²) in [7, 11) is 3.58. The van der Waals surface area contributed by atoms with Crippen LogP contribution >= 0.6 is 10.7 Å². The smallest absolute Gasteiger partial charge is 0.261 e. The topological polar surface area (TPSA) is 46.6 Å². The fourth-order valence-corrected chi connectivity index (χ4v) is 2.93. The first kappa shape index (κ1) is 11.5. The normalized spacial score (nSPS) is 15.6. The Morgan fingerprint density at radius 1 is 1.44 bits per heavy atom. The van der Waals surface area contributed by atoms with E-state index in [1.54, 1.807) is 13.0 Å². The molecule has 0 fully saturated rings. The summed E-state index contributed by atoms with van der Waals surface area (Å²) in [6, 6.07) is 3.27. The molecule has 88 valence electrons. The van der Waals surface area contributed by atoms with Crippen LogP contribution in [0.4, 0.5) is 5.69 Å². The van der Waals surface area contributed by atoms with Crippen molar-refractivity contribution in [3.05, 3.63) is 17.7 Å². The lowest BCUT2D eigenvalue weighted by atomic mass is 10.2. The number of hydrogen-bond donors (Lipinski definition) is 0. The van der Waals surface area contributed by atoms with Gasteiger partial charge in [-0.3, -0.25) is 0 Å². The molecule has 6 heteroatoms. The molecule has 1 aliphatic rings. The first-order chi connectivity index (χ1) is 7.39. The van der Waals surface area contributed by atoms with Gasteiger partial charge in [-0.05, 0) is 18.6 Å². The predicted molar refractivity (Wildman–Crippen MR) is 63.0 cm³/mol. The van der Waals surface area contributed by atoms with Crippen molar-refractivity contribution in [2.75, 3.05) is 25.1 Å². The fourth-order valence-electron chi connectivity index (χ4n) is 1.74. The average Bonchev–Trinajstić information content (AvgIpc) is 2.17. The lowest BCUT2D eigenvalue weighted by Gasteiger charge is -2.28. The van der Waals surface area contributed by atoms with Crippen LogP contribution in [0.5, 0.6) is 5.75 Å². The second kappa shape index (κ2) is 3.82. The Balaban J connectivity index is 2.62. The third kappa shape index (κ3) is 1.97. The van der Waals surface area contributed by atoms with Gasteiger partial charge in [0.15, 0.2) is 0 Å². The number of likely N-dealkylation sites (N-methyl/N-ethyl adjacent to an activating group) is 1. The van der Waals surface area contributed by atoms with E-state index in [9.17, 15) is 8.42 Å². The van der Waals surface area contributed by atoms with E-state index < -0.39 is 9.05 Å². The number of nitrogens with zero attached hydrogens (tertiary/aromatic N) is 1. The molecule has 0 saturated heterocycles. The van der Waals surface area contributed by atoms with Crippen molar-refractivity contribution in [1.82, 2.24) is 0 Å². The Hall–Kier alpha value is -0.940. The van der Waals surface area contributed by atoms with E-state index in [-0.39, 0.29) is 4.90 Å². The summed E-state index contributed by atoms with van der Waals surface area (Å²) in [6.45, 7) is 3.06. The maximum Gasteiger partial charge on any atom is 0.261 e. The Bertz CT molecular complexity index is 527. The molecule has 1 aliphatic heterocycles. The van der Waals surface area contributed by atoms with E-state index in [1.165, 1.54) is 6.07 Å². The van der Waals surface area contributed by atoms with Crippen molar-refractivity contribution in [1.29, 1.82) is 0 Å². The standard InChI is InChI=1S/C10H12ClNO3S/c1-7-5-8-9(15-4-3-12(8)2)6-10(7)16(11,13)14/h5-6H,3-4H2,1-2H3. The van der Waals surface area contributed by atoms with Crippen LogP contribution in [-0.2, 0) is 9.05 Å². The first-order valence-electron chi connectivity index (χ1n) is 4.83. The summed E-state index contributed by atoms with van der Waals surface area (Å²) in [5, 5.41) is 0. The van der Waals surface area contributed by atoms with Gasteiger partial charge in [0.2, 0.25) is 0 Å². The van der Waals surface area contributed by atoms with Crippen LogP contribution in [0, 0.1) is 6.92 Å². The first-order valence-corrected chi connectivity index (χ1v) is 7.14. The van der Waals surface area contributed by atoms with Gasteiger partial charge >= 0.3 is 0 Å². The van der Waals surface area contributed by atoms with Gasteiger partial charge in [0.1, 0.15) is 12.4 Å². The zero-order valence-corrected chi connectivity index (χ0v) is 10.6. The van der Waals surface area contributed by atoms with Crippen molar-refractivity contribution in [2.24, 2.45) is 0 Å². The minimum absolute atomic E-state index is 0.114. The van der Waals surface area contributed by atoms with Gasteiger partial charge in [-0.25, -0.2) is 8.42 Å². The number of benzene rings is 1. The van der Waals surface area contributed by atoms with E-state index in [1.807, 2.05) is 11.9 Å². The molecule has 0 atom stereocenters. The van der Waals surface area contributed by atoms with Crippen LogP contribution in [0.25, 0.3) is 0 Å². The van der Waals surface area contributed by atoms with Crippen LogP contribution in [-0.4, -0.2) is 28.6 Å². The highest BCUT2D eigenvalue weighted by Gasteiger charge is 2.21. The van der Waals surface area contributed by atoms with Gasteiger partial charge in [-0.1, -0.05) is 0 Å². The second-order valence-corrected chi connectivity index (χ2v) is 6.33. The monoisotopic (exact) mass is 261 g/mol. The number of rotatable bonds is 1. The molecular formula is C10H12ClNO3S. The van der Waals surface area contributed by atoms with E-state index in [0.29, 0.717) is 17.9 Å². The molecule has 4 nitrogen and oxygen atoms in total. The van der Waals surface area contributed by atoms with Gasteiger partial charge < -0.3 is 9.64 Å². The lowest BCUT2D eigenvalue weighted by Crippen LogP contribution is -2.29. The molecule has 0 unspecified atom stereocenters. The molecule has 0 radical (unpaired) electrons. The van der Waals surface area contributed by atoms with Crippen molar-refractivity contribution in [3.63, 3.8) is 0 Å². The quantitative estimate of drug-likeness (QED) is 0.723. The second-order valence-electron chi connectivity index (χ2n) is 3.79. The SMILES string of the molecule is Cc1cc2c(cc1S(=O)(=O)Cl)OCCN2C. The molecule has 16 heavy (non-hydrogen) atoms. The predicted octanol–water partition coefficient (Wildman–Crippen LogP) is 1.75. The van der Waals surface area contributed by atoms with Crippen LogP contribution < -0.4 is 9.64 Å². The van der Waals surface area contributed by atoms with E-state index >= 15 is 0 Å². The molecule has 0 bridgehead atoms. The zero-order chi connectivity index (χ0) is 11.9. The number of aryl methyl sites for hydroxylation is 1. The van der Waals surface area contributed by atoms with E-state index in [0.717, 1.165) is 12.2 Å². The number of anilines is 1. The molecule has 0 spiro atoms. The fraction of sp³-hybridized carbons (Fsp3) is 0.400. The highest BCUT2D eigenvalue weighted by Crippen LogP contribution is 2.35. The van der Waals surface area contributed by atoms with Gasteiger partial charge in [0.05, 0.1) is 17.1 Å². The molecule has 0 N–H and O–H groups in total. The van der Waals surface area contributed by atoms with Crippen molar-refractivity contribution < 1.29 is 13.2 Å². The maximum absolute atomic E-state index is 11.3. The van der Waals surface area contributed by atoms with Gasteiger partial charge in [0.25, 0.3) is 9.05 Å². The molecule has 0 aromatic heterocycles. The minimum atomic E-state index is -3.71. The number of fused-ring (bicyclic) bond motifs is 1. The molecule has 0 saturated carbocycles. The third-order valence-electron chi connectivity index (χ3n) is 2.61. The summed E-state index contributed by atoms with van der Waals surface area (Å²) in [5.41, 5.74) is 1.53. The van der Waals surface area contributed by atoms with E-state index in [2.05, 4.69) is 0 Å². The Morgan fingerprint density at radius 3 is 2.75 bits per heavy atom. The summed E-state index contributed by atoms with van der Waals surface area (Å²) in [6.07, 6.45) is 0. The molecule has 1 heterocycles. The number of ether oxygens (including phenoxy) is 1. The van der Waals surface area contributed by atoms with Crippen LogP contribution in [0.15, 0.2) is 17.0 Å². The lowest BCUT2D eigenvalue weighted by molar-refractivity contribution is 0.310. The molecule has 0 amide bonds. The van der Waals surface area contributed by atoms with Crippen LogP contribution in [0.2, 0.25) is 0 Å². The number of hydrogen-bond acceptors (Lipinski definition) is 4. The summed E-state index contributed by atoms with van der Waals surface area (Å²) in [4.78, 5) is 2.14. The Morgan fingerprint density at radius 2 is 2.12 bits per heavy atom. The van der Waals surface area contributed by atoms with Crippen LogP contribution in [0.3, 0.4) is 0 Å². The molecule has 2 rings (SSSR count). The molecule has 1 aromatic rings. The Labute approximate surface area is 99.2 Å². The minimum Gasteiger partial charge on any atom is -0.490 e. The van der Waals surface area contributed by atoms with E-state index in [4.69, 9.17) is 15.4 Å². The summed E-state index contributed by atoms with van der Waals surface area (Å²) >= 11 is 0. The average molecular weight is 262 g/mol. The van der Waals surface area contributed by atoms with Gasteiger partial charge in [-0.2, -0.15) is 0 Å². The summed E-state index contributed by atoms with van der Waals surface area (Å²) < 4.78 is 28.1. The maximum atomic E-state index is 11.3. The third-order valence-corrected chi connectivity index (χ3v) is 4.08. The van der Waals surface area contributed by atoms with Crippen molar-refractivity contribution in [2.45, 2.75) is 11.8 Å². The van der Waals surface area contributed by atoms with Gasteiger partial charge in [0, 0.05) is 23.8 Å². The number of halogens is 1. The highest BCUT2D eigenvalue weighted by atomic mass is 35.7. The molecule has 1 aromatic carbocycles. The zero-order valence-electron chi connectivity index (χ0n) is 9.03. The van der Waals surface area contributed by atoms with Crippen molar-refractivity contribution in [3.8, 4) is 5.75 Å². The highest BCUT2D eigenvalue weighted by molar-refractivity contribution is 8.13. The van der Waals surface area contributed by atoms with Crippen LogP contribution in [0.1, 0.15) is 5.56 Å². The van der Waals surface area contributed by atoms with Crippen molar-refractivity contribution >= 4 is 25.4 Å². The largest absolute Gasteiger partial charge is 0.490 e. The van der Waals surface area contributed by atoms with Gasteiger partial charge in [-0.15, -0.1) is 0 Å². The molecule has 0 aliphatic carbocycles. The molecular weight excluding hydrogens is 250 g/mol. The summed E-state index contributed by atoms with van der Waals surface area (Å²) in [5.74, 6) is 0.568. The Kier molecular flexibility index (Phi) is 2.75.